The molecule has 2 bridgehead atoms. The van der Waals surface area contributed by atoms with E-state index in [2.05, 4.69) is 20.9 Å². The first kappa shape index (κ1) is 19.9. The monoisotopic (exact) mass is 479 g/mol. The Morgan fingerprint density at radius 1 is 1.13 bits per heavy atom. The molecule has 2 aliphatic rings. The Labute approximate surface area is 187 Å². The van der Waals surface area contributed by atoms with Crippen LogP contribution in [-0.4, -0.2) is 29.0 Å². The molecule has 31 heavy (non-hydrogen) atoms. The quantitative estimate of drug-likeness (QED) is 0.578. The number of ether oxygens (including phenoxy) is 2. The van der Waals surface area contributed by atoms with Gasteiger partial charge in [-0.3, -0.25) is 14.6 Å². The van der Waals surface area contributed by atoms with Crippen LogP contribution in [0.2, 0.25) is 0 Å². The molecule has 1 saturated carbocycles. The first-order valence-corrected chi connectivity index (χ1v) is 10.5. The summed E-state index contributed by atoms with van der Waals surface area (Å²) in [7, 11) is 1.25. The average Bonchev–Trinajstić information content (AvgIpc) is 2.93. The standard InChI is InChI=1S/C24H18BrNO5/c1-30-21(27)20-19(14-5-3-2-4-6-14)24(15-7-9-16(25)10-8-15)22(28)23(20,29)17-11-12-26-13-18(17)31-24/h2-13,19-20,29H,1H3/t19-,20+,23+,24?/m1/s1. The lowest BCUT2D eigenvalue weighted by Gasteiger charge is -2.39. The van der Waals surface area contributed by atoms with Gasteiger partial charge in [0.15, 0.2) is 5.60 Å². The molecule has 6 nitrogen and oxygen atoms in total. The van der Waals surface area contributed by atoms with Crippen LogP contribution in [0.4, 0.5) is 0 Å². The Kier molecular flexibility index (Phi) is 4.50. The lowest BCUT2D eigenvalue weighted by atomic mass is 9.75. The fraction of sp³-hybridized carbons (Fsp3) is 0.208. The molecular formula is C24H18BrNO5. The molecule has 1 aliphatic carbocycles. The SMILES string of the molecule is COC(=O)[C@@H]1[C@@H](c2ccccc2)C2(c3ccc(Br)cc3)Oc3cnccc3[C@@]1(O)C2=O. The molecule has 1 N–H and O–H groups in total. The zero-order valence-corrected chi connectivity index (χ0v) is 18.1. The zero-order chi connectivity index (χ0) is 21.8. The topological polar surface area (TPSA) is 85.7 Å². The van der Waals surface area contributed by atoms with Crippen molar-refractivity contribution in [2.45, 2.75) is 17.1 Å². The first-order chi connectivity index (χ1) is 14.9. The summed E-state index contributed by atoms with van der Waals surface area (Å²) in [5, 5.41) is 11.9. The van der Waals surface area contributed by atoms with E-state index in [9.17, 15) is 14.7 Å². The maximum atomic E-state index is 14.1. The number of esters is 1. The molecule has 0 radical (unpaired) electrons. The predicted octanol–water partition coefficient (Wildman–Crippen LogP) is 3.48. The number of halogens is 1. The van der Waals surface area contributed by atoms with E-state index in [0.29, 0.717) is 11.1 Å². The highest BCUT2D eigenvalue weighted by atomic mass is 79.9. The van der Waals surface area contributed by atoms with Gasteiger partial charge in [0, 0.05) is 21.8 Å². The van der Waals surface area contributed by atoms with Gasteiger partial charge in [0.25, 0.3) is 0 Å². The van der Waals surface area contributed by atoms with E-state index < -0.39 is 34.8 Å². The van der Waals surface area contributed by atoms with Crippen molar-refractivity contribution >= 4 is 27.7 Å². The van der Waals surface area contributed by atoms with Crippen molar-refractivity contribution < 1.29 is 24.2 Å². The molecule has 0 amide bonds. The number of rotatable bonds is 3. The fourth-order valence-corrected chi connectivity index (χ4v) is 5.24. The number of nitrogens with zero attached hydrogens (tertiary/aromatic N) is 1. The molecule has 1 aliphatic heterocycles. The molecule has 1 fully saturated rings. The number of ketones is 1. The second kappa shape index (κ2) is 7.00. The molecule has 0 saturated heterocycles. The highest BCUT2D eigenvalue weighted by Gasteiger charge is 2.76. The largest absolute Gasteiger partial charge is 0.472 e. The third-order valence-electron chi connectivity index (χ3n) is 6.26. The van der Waals surface area contributed by atoms with Crippen molar-refractivity contribution in [3.8, 4) is 5.75 Å². The van der Waals surface area contributed by atoms with E-state index in [1.807, 2.05) is 30.3 Å². The van der Waals surface area contributed by atoms with E-state index >= 15 is 0 Å². The Morgan fingerprint density at radius 3 is 2.52 bits per heavy atom. The van der Waals surface area contributed by atoms with Crippen molar-refractivity contribution in [3.05, 3.63) is 94.2 Å². The van der Waals surface area contributed by atoms with E-state index in [1.54, 1.807) is 24.3 Å². The number of pyridine rings is 1. The average molecular weight is 480 g/mol. The lowest BCUT2D eigenvalue weighted by Crippen LogP contribution is -2.51. The number of methoxy groups -OCH3 is 1. The van der Waals surface area contributed by atoms with Gasteiger partial charge in [-0.25, -0.2) is 0 Å². The van der Waals surface area contributed by atoms with Crippen molar-refractivity contribution in [2.75, 3.05) is 7.11 Å². The number of carbonyl (C=O) groups excluding carboxylic acids is 2. The van der Waals surface area contributed by atoms with Crippen molar-refractivity contribution in [1.29, 1.82) is 0 Å². The van der Waals surface area contributed by atoms with Gasteiger partial charge in [-0.1, -0.05) is 58.4 Å². The normalized spacial score (nSPS) is 28.5. The van der Waals surface area contributed by atoms with Crippen molar-refractivity contribution in [3.63, 3.8) is 0 Å². The van der Waals surface area contributed by atoms with Gasteiger partial charge in [0.05, 0.1) is 19.2 Å². The first-order valence-electron chi connectivity index (χ1n) is 9.74. The van der Waals surface area contributed by atoms with Crippen LogP contribution in [0.25, 0.3) is 0 Å². The second-order valence-electron chi connectivity index (χ2n) is 7.70. The van der Waals surface area contributed by atoms with E-state index in [0.717, 1.165) is 4.47 Å². The molecule has 0 spiro atoms. The molecular weight excluding hydrogens is 462 g/mol. The summed E-state index contributed by atoms with van der Waals surface area (Å²) in [5.41, 5.74) is -2.32. The third-order valence-corrected chi connectivity index (χ3v) is 6.79. The molecule has 7 heteroatoms. The minimum absolute atomic E-state index is 0.217. The number of aliphatic hydroxyl groups is 1. The van der Waals surface area contributed by atoms with Crippen LogP contribution < -0.4 is 4.74 Å². The minimum atomic E-state index is -2.13. The van der Waals surface area contributed by atoms with E-state index in [-0.39, 0.29) is 11.3 Å². The lowest BCUT2D eigenvalue weighted by molar-refractivity contribution is -0.162. The molecule has 4 atom stereocenters. The maximum Gasteiger partial charge on any atom is 0.313 e. The van der Waals surface area contributed by atoms with Crippen molar-refractivity contribution in [2.24, 2.45) is 5.92 Å². The van der Waals surface area contributed by atoms with Gasteiger partial charge in [0.1, 0.15) is 11.7 Å². The van der Waals surface area contributed by atoms with Crippen LogP contribution >= 0.6 is 15.9 Å². The van der Waals surface area contributed by atoms with E-state index in [4.69, 9.17) is 9.47 Å². The van der Waals surface area contributed by atoms with Crippen LogP contribution in [0.5, 0.6) is 5.75 Å². The molecule has 5 rings (SSSR count). The van der Waals surface area contributed by atoms with Crippen LogP contribution in [-0.2, 0) is 25.5 Å². The summed E-state index contributed by atoms with van der Waals surface area (Å²) in [4.78, 5) is 31.3. The molecule has 1 aromatic heterocycles. The summed E-state index contributed by atoms with van der Waals surface area (Å²) in [6, 6.07) is 17.8. The van der Waals surface area contributed by atoms with Crippen LogP contribution in [0.15, 0.2) is 77.5 Å². The highest BCUT2D eigenvalue weighted by Crippen LogP contribution is 2.64. The van der Waals surface area contributed by atoms with E-state index in [1.165, 1.54) is 25.6 Å². The zero-order valence-electron chi connectivity index (χ0n) is 16.5. The maximum absolute atomic E-state index is 14.1. The minimum Gasteiger partial charge on any atom is -0.472 e. The van der Waals surface area contributed by atoms with Gasteiger partial charge in [-0.2, -0.15) is 0 Å². The number of aromatic nitrogens is 1. The number of fused-ring (bicyclic) bond motifs is 4. The number of carbonyl (C=O) groups is 2. The number of hydrogen-bond acceptors (Lipinski definition) is 6. The van der Waals surface area contributed by atoms with Crippen LogP contribution in [0.3, 0.4) is 0 Å². The summed E-state index contributed by atoms with van der Waals surface area (Å²) >= 11 is 3.42. The molecule has 3 aromatic rings. The summed E-state index contributed by atoms with van der Waals surface area (Å²) in [5.74, 6) is -3.05. The van der Waals surface area contributed by atoms with Gasteiger partial charge in [-0.15, -0.1) is 0 Å². The number of benzene rings is 2. The highest BCUT2D eigenvalue weighted by molar-refractivity contribution is 9.10. The second-order valence-corrected chi connectivity index (χ2v) is 8.62. The van der Waals surface area contributed by atoms with Crippen LogP contribution in [0, 0.1) is 5.92 Å². The molecule has 2 heterocycles. The number of Topliss-reactive ketones (excluding diaryl/α,β-unsaturated/α-hetero) is 1. The Balaban J connectivity index is 1.89. The number of hydrogen-bond donors (Lipinski definition) is 1. The third kappa shape index (κ3) is 2.56. The van der Waals surface area contributed by atoms with Gasteiger partial charge in [-0.05, 0) is 23.8 Å². The van der Waals surface area contributed by atoms with Crippen LogP contribution in [0.1, 0.15) is 22.6 Å². The summed E-state index contributed by atoms with van der Waals surface area (Å²) in [6.45, 7) is 0. The molecule has 156 valence electrons. The van der Waals surface area contributed by atoms with Gasteiger partial charge >= 0.3 is 5.97 Å². The van der Waals surface area contributed by atoms with Crippen molar-refractivity contribution in [1.82, 2.24) is 4.98 Å². The Bertz CT molecular complexity index is 1180. The summed E-state index contributed by atoms with van der Waals surface area (Å²) < 4.78 is 12.3. The predicted molar refractivity (Wildman–Crippen MR) is 114 cm³/mol. The fourth-order valence-electron chi connectivity index (χ4n) is 4.98. The van der Waals surface area contributed by atoms with Gasteiger partial charge in [0.2, 0.25) is 11.4 Å². The summed E-state index contributed by atoms with van der Waals surface area (Å²) in [6.07, 6.45) is 2.92. The smallest absolute Gasteiger partial charge is 0.313 e. The Hall–Kier alpha value is -3.03. The molecule has 2 aromatic carbocycles. The molecule has 1 unspecified atom stereocenters. The van der Waals surface area contributed by atoms with Gasteiger partial charge < -0.3 is 14.6 Å². The Morgan fingerprint density at radius 2 is 1.84 bits per heavy atom.